The number of thioether (sulfide) groups is 1. The van der Waals surface area contributed by atoms with Gasteiger partial charge in [-0.2, -0.15) is 0 Å². The number of amides is 1. The monoisotopic (exact) mass is 236 g/mol. The van der Waals surface area contributed by atoms with Crippen molar-refractivity contribution in [2.75, 3.05) is 19.3 Å². The lowest BCUT2D eigenvalue weighted by atomic mass is 10.2. The first-order valence-electron chi connectivity index (χ1n) is 5.46. The molecule has 1 atom stereocenters. The molecule has 2 rings (SSSR count). The molecular formula is C12H16N2OS. The Hall–Kier alpha value is -1.00. The van der Waals surface area contributed by atoms with E-state index in [1.54, 1.807) is 11.8 Å². The molecule has 1 aromatic rings. The van der Waals surface area contributed by atoms with Crippen molar-refractivity contribution in [3.8, 4) is 0 Å². The van der Waals surface area contributed by atoms with Crippen molar-refractivity contribution in [3.05, 3.63) is 29.8 Å². The van der Waals surface area contributed by atoms with Gasteiger partial charge in [0.2, 0.25) is 0 Å². The van der Waals surface area contributed by atoms with Gasteiger partial charge in [0.1, 0.15) is 0 Å². The van der Waals surface area contributed by atoms with Gasteiger partial charge in [0.25, 0.3) is 5.91 Å². The summed E-state index contributed by atoms with van der Waals surface area (Å²) in [4.78, 5) is 13.1. The standard InChI is InChI=1S/C12H16N2OS/c1-16-11-5-3-2-4-10(11)12(15)14-9-6-7-13-8-9/h2-5,9,13H,6-8H2,1H3,(H,14,15). The number of rotatable bonds is 3. The van der Waals surface area contributed by atoms with Crippen molar-refractivity contribution in [1.82, 2.24) is 10.6 Å². The molecule has 0 aromatic heterocycles. The van der Waals surface area contributed by atoms with Crippen LogP contribution in [0.4, 0.5) is 0 Å². The molecule has 86 valence electrons. The lowest BCUT2D eigenvalue weighted by molar-refractivity contribution is 0.0937. The third kappa shape index (κ3) is 2.57. The molecule has 4 heteroatoms. The van der Waals surface area contributed by atoms with E-state index in [4.69, 9.17) is 0 Å². The van der Waals surface area contributed by atoms with Gasteiger partial charge in [-0.3, -0.25) is 4.79 Å². The highest BCUT2D eigenvalue weighted by Crippen LogP contribution is 2.19. The fourth-order valence-corrected chi connectivity index (χ4v) is 2.47. The summed E-state index contributed by atoms with van der Waals surface area (Å²) in [7, 11) is 0. The van der Waals surface area contributed by atoms with Crippen LogP contribution in [0.3, 0.4) is 0 Å². The highest BCUT2D eigenvalue weighted by molar-refractivity contribution is 7.98. The molecule has 0 radical (unpaired) electrons. The normalized spacial score (nSPS) is 19.7. The first-order chi connectivity index (χ1) is 7.81. The number of benzene rings is 1. The van der Waals surface area contributed by atoms with Crippen LogP contribution in [0.25, 0.3) is 0 Å². The molecule has 0 saturated carbocycles. The predicted octanol–water partition coefficient (Wildman–Crippen LogP) is 1.50. The quantitative estimate of drug-likeness (QED) is 0.781. The third-order valence-corrected chi connectivity index (χ3v) is 3.54. The van der Waals surface area contributed by atoms with Crippen molar-refractivity contribution < 1.29 is 4.79 Å². The van der Waals surface area contributed by atoms with E-state index < -0.39 is 0 Å². The Morgan fingerprint density at radius 3 is 3.00 bits per heavy atom. The molecule has 1 aliphatic rings. The number of carbonyl (C=O) groups is 1. The third-order valence-electron chi connectivity index (χ3n) is 2.75. The minimum Gasteiger partial charge on any atom is -0.348 e. The van der Waals surface area contributed by atoms with Crippen LogP contribution in [-0.4, -0.2) is 31.3 Å². The van der Waals surface area contributed by atoms with Crippen LogP contribution in [0.5, 0.6) is 0 Å². The van der Waals surface area contributed by atoms with Crippen LogP contribution >= 0.6 is 11.8 Å². The van der Waals surface area contributed by atoms with Crippen LogP contribution in [0.1, 0.15) is 16.8 Å². The zero-order valence-electron chi connectivity index (χ0n) is 9.32. The molecule has 0 aliphatic carbocycles. The van der Waals surface area contributed by atoms with Gasteiger partial charge in [-0.25, -0.2) is 0 Å². The van der Waals surface area contributed by atoms with Crippen LogP contribution in [-0.2, 0) is 0 Å². The van der Waals surface area contributed by atoms with Gasteiger partial charge in [0.05, 0.1) is 5.56 Å². The summed E-state index contributed by atoms with van der Waals surface area (Å²) in [5.74, 6) is 0.0404. The maximum absolute atomic E-state index is 12.0. The molecule has 1 amide bonds. The Morgan fingerprint density at radius 1 is 1.50 bits per heavy atom. The van der Waals surface area contributed by atoms with E-state index in [-0.39, 0.29) is 11.9 Å². The second-order valence-corrected chi connectivity index (χ2v) is 4.71. The molecule has 1 fully saturated rings. The van der Waals surface area contributed by atoms with Crippen molar-refractivity contribution >= 4 is 17.7 Å². The second kappa shape index (κ2) is 5.37. The van der Waals surface area contributed by atoms with E-state index in [1.165, 1.54) is 0 Å². The summed E-state index contributed by atoms with van der Waals surface area (Å²) in [6.07, 6.45) is 3.01. The molecule has 3 nitrogen and oxygen atoms in total. The number of carbonyl (C=O) groups excluding carboxylic acids is 1. The van der Waals surface area contributed by atoms with Gasteiger partial charge in [-0.1, -0.05) is 12.1 Å². The van der Waals surface area contributed by atoms with Gasteiger partial charge < -0.3 is 10.6 Å². The zero-order valence-corrected chi connectivity index (χ0v) is 10.1. The number of nitrogens with one attached hydrogen (secondary N) is 2. The fourth-order valence-electron chi connectivity index (χ4n) is 1.87. The van der Waals surface area contributed by atoms with Crippen molar-refractivity contribution in [1.29, 1.82) is 0 Å². The molecule has 1 aliphatic heterocycles. The molecular weight excluding hydrogens is 220 g/mol. The summed E-state index contributed by atoms with van der Waals surface area (Å²) < 4.78 is 0. The van der Waals surface area contributed by atoms with E-state index in [9.17, 15) is 4.79 Å². The van der Waals surface area contributed by atoms with Gasteiger partial charge in [-0.05, 0) is 31.4 Å². The molecule has 1 unspecified atom stereocenters. The molecule has 16 heavy (non-hydrogen) atoms. The average molecular weight is 236 g/mol. The van der Waals surface area contributed by atoms with Crippen molar-refractivity contribution in [2.45, 2.75) is 17.4 Å². The van der Waals surface area contributed by atoms with E-state index in [0.717, 1.165) is 30.0 Å². The fraction of sp³-hybridized carbons (Fsp3) is 0.417. The Bertz CT molecular complexity index is 375. The number of hydrogen-bond donors (Lipinski definition) is 2. The molecule has 1 saturated heterocycles. The predicted molar refractivity (Wildman–Crippen MR) is 67.0 cm³/mol. The van der Waals surface area contributed by atoms with E-state index in [0.29, 0.717) is 0 Å². The van der Waals surface area contributed by atoms with Crippen molar-refractivity contribution in [2.24, 2.45) is 0 Å². The van der Waals surface area contributed by atoms with Gasteiger partial charge in [-0.15, -0.1) is 11.8 Å². The summed E-state index contributed by atoms with van der Waals surface area (Å²) in [6, 6.07) is 8.00. The smallest absolute Gasteiger partial charge is 0.252 e. The molecule has 0 bridgehead atoms. The summed E-state index contributed by atoms with van der Waals surface area (Å²) in [5.41, 5.74) is 0.780. The van der Waals surface area contributed by atoms with Crippen molar-refractivity contribution in [3.63, 3.8) is 0 Å². The van der Waals surface area contributed by atoms with Gasteiger partial charge in [0, 0.05) is 17.5 Å². The van der Waals surface area contributed by atoms with Crippen LogP contribution < -0.4 is 10.6 Å². The zero-order chi connectivity index (χ0) is 11.4. The minimum absolute atomic E-state index is 0.0404. The Morgan fingerprint density at radius 2 is 2.31 bits per heavy atom. The molecule has 0 spiro atoms. The largest absolute Gasteiger partial charge is 0.348 e. The maximum Gasteiger partial charge on any atom is 0.252 e. The molecule has 2 N–H and O–H groups in total. The topological polar surface area (TPSA) is 41.1 Å². The van der Waals surface area contributed by atoms with Gasteiger partial charge in [0.15, 0.2) is 0 Å². The summed E-state index contributed by atoms with van der Waals surface area (Å²) >= 11 is 1.61. The van der Waals surface area contributed by atoms with E-state index in [1.807, 2.05) is 30.5 Å². The summed E-state index contributed by atoms with van der Waals surface area (Å²) in [5, 5.41) is 6.29. The number of hydrogen-bond acceptors (Lipinski definition) is 3. The van der Waals surface area contributed by atoms with Gasteiger partial charge >= 0.3 is 0 Å². The van der Waals surface area contributed by atoms with Crippen LogP contribution in [0.15, 0.2) is 29.2 Å². The average Bonchev–Trinajstić information content (AvgIpc) is 2.81. The lowest BCUT2D eigenvalue weighted by Crippen LogP contribution is -2.36. The first kappa shape index (κ1) is 11.5. The van der Waals surface area contributed by atoms with E-state index in [2.05, 4.69) is 10.6 Å². The highest BCUT2D eigenvalue weighted by atomic mass is 32.2. The first-order valence-corrected chi connectivity index (χ1v) is 6.68. The Kier molecular flexibility index (Phi) is 3.85. The maximum atomic E-state index is 12.0. The second-order valence-electron chi connectivity index (χ2n) is 3.86. The molecule has 1 aromatic carbocycles. The summed E-state index contributed by atoms with van der Waals surface area (Å²) in [6.45, 7) is 1.88. The minimum atomic E-state index is 0.0404. The lowest BCUT2D eigenvalue weighted by Gasteiger charge is -2.12. The van der Waals surface area contributed by atoms with E-state index >= 15 is 0 Å². The van der Waals surface area contributed by atoms with Crippen LogP contribution in [0, 0.1) is 0 Å². The van der Waals surface area contributed by atoms with Crippen LogP contribution in [0.2, 0.25) is 0 Å². The Labute approximate surface area is 100.0 Å². The molecule has 1 heterocycles. The highest BCUT2D eigenvalue weighted by Gasteiger charge is 2.18. The SMILES string of the molecule is CSc1ccccc1C(=O)NC1CCNC1. The Balaban J connectivity index is 2.07.